The van der Waals surface area contributed by atoms with Gasteiger partial charge in [0.05, 0.1) is 28.1 Å². The molecule has 9 heteroatoms. The molecule has 0 saturated carbocycles. The number of rotatable bonds is 4. The molecule has 0 fully saturated rings. The van der Waals surface area contributed by atoms with E-state index in [0.29, 0.717) is 16.3 Å². The van der Waals surface area contributed by atoms with E-state index < -0.39 is 16.1 Å². The number of nitrogens with zero attached hydrogens (tertiary/aromatic N) is 2. The number of hydrogen-bond acceptors (Lipinski definition) is 7. The summed E-state index contributed by atoms with van der Waals surface area (Å²) in [4.78, 5) is 26.8. The summed E-state index contributed by atoms with van der Waals surface area (Å²) < 4.78 is 5.06. The van der Waals surface area contributed by atoms with Gasteiger partial charge in [0, 0.05) is 17.2 Å². The second kappa shape index (κ2) is 7.01. The lowest BCUT2D eigenvalue weighted by Crippen LogP contribution is -2.22. The van der Waals surface area contributed by atoms with Crippen LogP contribution in [0.1, 0.15) is 24.7 Å². The van der Waals surface area contributed by atoms with E-state index in [1.165, 1.54) is 18.2 Å². The van der Waals surface area contributed by atoms with Gasteiger partial charge in [0.25, 0.3) is 5.69 Å². The smallest absolute Gasteiger partial charge is 0.337 e. The number of hydrogen-bond donors (Lipinski definition) is 1. The number of halogens is 1. The van der Waals surface area contributed by atoms with Crippen molar-refractivity contribution in [1.82, 2.24) is 0 Å². The average Bonchev–Trinajstić information content (AvgIpc) is 2.46. The summed E-state index contributed by atoms with van der Waals surface area (Å²) in [6, 6.07) is 4.07. The number of nitro groups is 1. The third-order valence-corrected chi connectivity index (χ3v) is 4.54. The fourth-order valence-electron chi connectivity index (χ4n) is 2.15. The van der Waals surface area contributed by atoms with Crippen LogP contribution in [-0.2, 0) is 9.53 Å². The second-order valence-corrected chi connectivity index (χ2v) is 6.16. The number of carbonyl (C=O) groups excluding carboxylic acids is 1. The van der Waals surface area contributed by atoms with Crippen LogP contribution in [0.3, 0.4) is 0 Å². The molecular weight excluding hydrogens is 342 g/mol. The Kier molecular flexibility index (Phi) is 5.27. The minimum absolute atomic E-state index is 0.119. The molecule has 0 spiro atoms. The van der Waals surface area contributed by atoms with Gasteiger partial charge in [-0.15, -0.1) is 0 Å². The van der Waals surface area contributed by atoms with E-state index in [1.807, 2.05) is 0 Å². The molecule has 0 saturated heterocycles. The first-order valence-corrected chi connectivity index (χ1v) is 7.93. The second-order valence-electron chi connectivity index (χ2n) is 4.63. The molecule has 1 heterocycles. The first-order valence-electron chi connectivity index (χ1n) is 6.67. The molecule has 1 aliphatic rings. The Balaban J connectivity index is 2.56. The van der Waals surface area contributed by atoms with Crippen LogP contribution >= 0.6 is 23.4 Å². The monoisotopic (exact) mass is 355 g/mol. The third kappa shape index (κ3) is 3.65. The molecule has 1 unspecified atom stereocenters. The highest BCUT2D eigenvalue weighted by atomic mass is 35.5. The quantitative estimate of drug-likeness (QED) is 0.504. The van der Waals surface area contributed by atoms with E-state index >= 15 is 0 Å². The van der Waals surface area contributed by atoms with Gasteiger partial charge in [-0.1, -0.05) is 23.4 Å². The van der Waals surface area contributed by atoms with Crippen LogP contribution in [0, 0.1) is 10.1 Å². The average molecular weight is 356 g/mol. The number of non-ortho nitro benzene ring substituents is 1. The number of ether oxygens (including phenoxy) is 1. The topological polar surface area (TPSA) is 108 Å². The van der Waals surface area contributed by atoms with Crippen LogP contribution < -0.4 is 5.73 Å². The Labute approximate surface area is 141 Å². The van der Waals surface area contributed by atoms with Gasteiger partial charge in [-0.3, -0.25) is 10.1 Å². The van der Waals surface area contributed by atoms with Crippen LogP contribution in [-0.4, -0.2) is 22.7 Å². The van der Waals surface area contributed by atoms with Crippen molar-refractivity contribution in [3.05, 3.63) is 50.2 Å². The highest BCUT2D eigenvalue weighted by molar-refractivity contribution is 8.14. The van der Waals surface area contributed by atoms with Crippen molar-refractivity contribution < 1.29 is 14.5 Å². The van der Waals surface area contributed by atoms with Crippen LogP contribution in [0.5, 0.6) is 0 Å². The van der Waals surface area contributed by atoms with Crippen molar-refractivity contribution in [2.75, 3.05) is 6.61 Å². The summed E-state index contributed by atoms with van der Waals surface area (Å²) in [5.41, 5.74) is 6.79. The number of aliphatic imine (C=N–C) groups is 1. The van der Waals surface area contributed by atoms with Gasteiger partial charge < -0.3 is 10.5 Å². The molecule has 0 aromatic heterocycles. The molecule has 0 bridgehead atoms. The van der Waals surface area contributed by atoms with Crippen LogP contribution in [0.2, 0.25) is 5.02 Å². The number of thioether (sulfide) groups is 1. The van der Waals surface area contributed by atoms with E-state index in [2.05, 4.69) is 4.99 Å². The maximum atomic E-state index is 12.2. The van der Waals surface area contributed by atoms with Gasteiger partial charge in [-0.05, 0) is 25.5 Å². The first kappa shape index (κ1) is 17.3. The molecular formula is C14H14ClN3O4S. The maximum Gasteiger partial charge on any atom is 0.337 e. The molecule has 1 aromatic carbocycles. The number of benzene rings is 1. The Morgan fingerprint density at radius 3 is 2.87 bits per heavy atom. The summed E-state index contributed by atoms with van der Waals surface area (Å²) >= 11 is 7.29. The van der Waals surface area contributed by atoms with Crippen molar-refractivity contribution in [3.8, 4) is 0 Å². The molecule has 0 amide bonds. The Hall–Kier alpha value is -2.06. The molecule has 23 heavy (non-hydrogen) atoms. The van der Waals surface area contributed by atoms with Gasteiger partial charge in [0.2, 0.25) is 0 Å². The number of carbonyl (C=O) groups is 1. The SMILES string of the molecule is CCOC(=O)C1=C(C)N=C(N)SC1c1cc([N+](=O)[O-])ccc1Cl. The zero-order chi connectivity index (χ0) is 17.1. The first-order chi connectivity index (χ1) is 10.8. The largest absolute Gasteiger partial charge is 0.463 e. The van der Waals surface area contributed by atoms with Crippen molar-refractivity contribution in [2.45, 2.75) is 19.1 Å². The standard InChI is InChI=1S/C14H14ClN3O4S/c1-3-22-13(19)11-7(2)17-14(16)23-12(11)9-6-8(18(20)21)4-5-10(9)15/h4-6,12H,3H2,1-2H3,(H2,16,17). The molecule has 1 aliphatic heterocycles. The lowest BCUT2D eigenvalue weighted by Gasteiger charge is -2.24. The molecule has 1 aromatic rings. The van der Waals surface area contributed by atoms with Crippen LogP contribution in [0.25, 0.3) is 0 Å². The van der Waals surface area contributed by atoms with Crippen molar-refractivity contribution >= 4 is 40.2 Å². The maximum absolute atomic E-state index is 12.2. The third-order valence-electron chi connectivity index (χ3n) is 3.14. The van der Waals surface area contributed by atoms with Crippen molar-refractivity contribution in [2.24, 2.45) is 10.7 Å². The zero-order valence-corrected chi connectivity index (χ0v) is 14.0. The number of nitrogens with two attached hydrogens (primary N) is 1. The zero-order valence-electron chi connectivity index (χ0n) is 12.4. The van der Waals surface area contributed by atoms with Crippen LogP contribution in [0.15, 0.2) is 34.5 Å². The predicted octanol–water partition coefficient (Wildman–Crippen LogP) is 3.19. The van der Waals surface area contributed by atoms with Gasteiger partial charge in [0.15, 0.2) is 5.17 Å². The molecule has 122 valence electrons. The normalized spacial score (nSPS) is 17.7. The summed E-state index contributed by atoms with van der Waals surface area (Å²) in [5, 5.41) is 10.9. The lowest BCUT2D eigenvalue weighted by atomic mass is 10.0. The molecule has 1 atom stereocenters. The van der Waals surface area contributed by atoms with E-state index in [-0.39, 0.29) is 23.0 Å². The van der Waals surface area contributed by atoms with Crippen molar-refractivity contribution in [3.63, 3.8) is 0 Å². The van der Waals surface area contributed by atoms with Gasteiger partial charge in [-0.2, -0.15) is 0 Å². The van der Waals surface area contributed by atoms with E-state index in [4.69, 9.17) is 22.1 Å². The molecule has 0 radical (unpaired) electrons. The van der Waals surface area contributed by atoms with Gasteiger partial charge in [0.1, 0.15) is 0 Å². The van der Waals surface area contributed by atoms with Gasteiger partial charge in [-0.25, -0.2) is 9.79 Å². The number of nitro benzene ring substituents is 1. The summed E-state index contributed by atoms with van der Waals surface area (Å²) in [6.07, 6.45) is 0. The molecule has 0 aliphatic carbocycles. The molecule has 2 N–H and O–H groups in total. The lowest BCUT2D eigenvalue weighted by molar-refractivity contribution is -0.384. The minimum atomic E-state index is -0.612. The highest BCUT2D eigenvalue weighted by Gasteiger charge is 2.33. The number of allylic oxidation sites excluding steroid dienone is 1. The number of esters is 1. The highest BCUT2D eigenvalue weighted by Crippen LogP contribution is 2.44. The number of amidine groups is 1. The minimum Gasteiger partial charge on any atom is -0.463 e. The van der Waals surface area contributed by atoms with E-state index in [9.17, 15) is 14.9 Å². The summed E-state index contributed by atoms with van der Waals surface area (Å²) in [6.45, 7) is 3.53. The Bertz CT molecular complexity index is 733. The van der Waals surface area contributed by atoms with Gasteiger partial charge >= 0.3 is 5.97 Å². The fraction of sp³-hybridized carbons (Fsp3) is 0.286. The van der Waals surface area contributed by atoms with Crippen molar-refractivity contribution in [1.29, 1.82) is 0 Å². The fourth-order valence-corrected chi connectivity index (χ4v) is 3.58. The predicted molar refractivity (Wildman–Crippen MR) is 89.4 cm³/mol. The Morgan fingerprint density at radius 2 is 2.26 bits per heavy atom. The summed E-state index contributed by atoms with van der Waals surface area (Å²) in [7, 11) is 0. The summed E-state index contributed by atoms with van der Waals surface area (Å²) in [5.74, 6) is -0.540. The molecule has 2 rings (SSSR count). The van der Waals surface area contributed by atoms with E-state index in [0.717, 1.165) is 11.8 Å². The van der Waals surface area contributed by atoms with Crippen LogP contribution in [0.4, 0.5) is 5.69 Å². The molecule has 7 nitrogen and oxygen atoms in total. The Morgan fingerprint density at radius 1 is 1.57 bits per heavy atom. The van der Waals surface area contributed by atoms with E-state index in [1.54, 1.807) is 13.8 Å².